The molecular formula is C12H17ClOSi. The molecular weight excluding hydrogens is 224 g/mol. The van der Waals surface area contributed by atoms with Gasteiger partial charge in [-0.05, 0) is 42.9 Å². The summed E-state index contributed by atoms with van der Waals surface area (Å²) in [6.07, 6.45) is 0. The second-order valence-electron chi connectivity index (χ2n) is 4.51. The lowest BCUT2D eigenvalue weighted by Gasteiger charge is -2.18. The van der Waals surface area contributed by atoms with Gasteiger partial charge in [0.05, 0.1) is 6.61 Å². The molecule has 0 bridgehead atoms. The molecule has 1 rings (SSSR count). The lowest BCUT2D eigenvalue weighted by Crippen LogP contribution is -2.26. The maximum atomic E-state index is 5.91. The first-order chi connectivity index (χ1) is 6.88. The Labute approximate surface area is 97.9 Å². The van der Waals surface area contributed by atoms with Gasteiger partial charge in [0.15, 0.2) is 8.32 Å². The van der Waals surface area contributed by atoms with E-state index in [1.807, 2.05) is 24.3 Å². The van der Waals surface area contributed by atoms with Crippen LogP contribution in [-0.2, 0) is 4.43 Å². The van der Waals surface area contributed by atoms with Crippen LogP contribution in [0.25, 0.3) is 5.57 Å². The normalized spacial score (nSPS) is 11.5. The molecule has 15 heavy (non-hydrogen) atoms. The predicted octanol–water partition coefficient (Wildman–Crippen LogP) is 4.20. The monoisotopic (exact) mass is 240 g/mol. The molecule has 0 aromatic heterocycles. The van der Waals surface area contributed by atoms with Gasteiger partial charge in [-0.25, -0.2) is 0 Å². The molecule has 1 aromatic carbocycles. The molecule has 0 aliphatic rings. The number of rotatable bonds is 4. The number of hydrogen-bond acceptors (Lipinski definition) is 1. The van der Waals surface area contributed by atoms with Crippen LogP contribution in [-0.4, -0.2) is 14.9 Å². The van der Waals surface area contributed by atoms with Gasteiger partial charge in [-0.2, -0.15) is 0 Å². The van der Waals surface area contributed by atoms with Crippen LogP contribution in [0.3, 0.4) is 0 Å². The van der Waals surface area contributed by atoms with E-state index in [1.54, 1.807) is 0 Å². The van der Waals surface area contributed by atoms with Gasteiger partial charge in [0.1, 0.15) is 0 Å². The summed E-state index contributed by atoms with van der Waals surface area (Å²) in [5, 5.41) is 0.738. The Morgan fingerprint density at radius 1 is 1.40 bits per heavy atom. The Kier molecular flexibility index (Phi) is 4.14. The third kappa shape index (κ3) is 4.65. The zero-order valence-electron chi connectivity index (χ0n) is 9.51. The summed E-state index contributed by atoms with van der Waals surface area (Å²) >= 11 is 5.91. The highest BCUT2D eigenvalue weighted by molar-refractivity contribution is 6.69. The largest absolute Gasteiger partial charge is 0.413 e. The molecule has 1 nitrogen and oxygen atoms in total. The van der Waals surface area contributed by atoms with Crippen LogP contribution in [0.2, 0.25) is 24.7 Å². The highest BCUT2D eigenvalue weighted by Crippen LogP contribution is 2.18. The smallest absolute Gasteiger partial charge is 0.184 e. The molecule has 0 heterocycles. The Morgan fingerprint density at radius 3 is 2.60 bits per heavy atom. The zero-order chi connectivity index (χ0) is 11.5. The Bertz CT molecular complexity index is 355. The van der Waals surface area contributed by atoms with Crippen LogP contribution in [0.5, 0.6) is 0 Å². The van der Waals surface area contributed by atoms with Crippen LogP contribution in [0.4, 0.5) is 0 Å². The Morgan fingerprint density at radius 2 is 2.07 bits per heavy atom. The minimum Gasteiger partial charge on any atom is -0.413 e. The zero-order valence-corrected chi connectivity index (χ0v) is 11.3. The number of halogens is 1. The van der Waals surface area contributed by atoms with Crippen molar-refractivity contribution < 1.29 is 4.43 Å². The standard InChI is InChI=1S/C12H17ClOSi/c1-10(9-14-15(2,3)4)11-6-5-7-12(13)8-11/h5-8H,1,9H2,2-4H3. The van der Waals surface area contributed by atoms with Crippen molar-refractivity contribution >= 4 is 25.5 Å². The molecule has 0 atom stereocenters. The molecule has 0 saturated heterocycles. The summed E-state index contributed by atoms with van der Waals surface area (Å²) in [7, 11) is -1.46. The van der Waals surface area contributed by atoms with Crippen molar-refractivity contribution in [3.05, 3.63) is 41.4 Å². The lowest BCUT2D eigenvalue weighted by atomic mass is 10.1. The summed E-state index contributed by atoms with van der Waals surface area (Å²) in [5.41, 5.74) is 2.04. The van der Waals surface area contributed by atoms with Gasteiger partial charge in [0.2, 0.25) is 0 Å². The maximum Gasteiger partial charge on any atom is 0.184 e. The van der Waals surface area contributed by atoms with E-state index in [0.717, 1.165) is 16.2 Å². The van der Waals surface area contributed by atoms with Gasteiger partial charge in [0, 0.05) is 5.02 Å². The molecule has 82 valence electrons. The summed E-state index contributed by atoms with van der Waals surface area (Å²) in [6, 6.07) is 7.70. The van der Waals surface area contributed by atoms with E-state index < -0.39 is 8.32 Å². The van der Waals surface area contributed by atoms with Gasteiger partial charge >= 0.3 is 0 Å². The van der Waals surface area contributed by atoms with Crippen LogP contribution < -0.4 is 0 Å². The van der Waals surface area contributed by atoms with Gasteiger partial charge in [-0.1, -0.05) is 30.3 Å². The van der Waals surface area contributed by atoms with Crippen molar-refractivity contribution in [3.63, 3.8) is 0 Å². The van der Waals surface area contributed by atoms with Crippen molar-refractivity contribution in [2.24, 2.45) is 0 Å². The van der Waals surface area contributed by atoms with E-state index in [9.17, 15) is 0 Å². The molecule has 0 N–H and O–H groups in total. The van der Waals surface area contributed by atoms with Crippen molar-refractivity contribution in [1.82, 2.24) is 0 Å². The molecule has 1 aromatic rings. The van der Waals surface area contributed by atoms with Crippen molar-refractivity contribution in [2.45, 2.75) is 19.6 Å². The molecule has 0 unspecified atom stereocenters. The third-order valence-corrected chi connectivity index (χ3v) is 3.16. The molecule has 0 fully saturated rings. The molecule has 0 aliphatic heterocycles. The fourth-order valence-corrected chi connectivity index (χ4v) is 1.89. The third-order valence-electron chi connectivity index (χ3n) is 1.91. The highest BCUT2D eigenvalue weighted by Gasteiger charge is 2.14. The first-order valence-corrected chi connectivity index (χ1v) is 8.75. The summed E-state index contributed by atoms with van der Waals surface area (Å²) in [5.74, 6) is 0. The molecule has 0 aliphatic carbocycles. The topological polar surface area (TPSA) is 9.23 Å². The summed E-state index contributed by atoms with van der Waals surface area (Å²) < 4.78 is 5.78. The minimum absolute atomic E-state index is 0.593. The molecule has 0 saturated carbocycles. The summed E-state index contributed by atoms with van der Waals surface area (Å²) in [6.45, 7) is 11.1. The van der Waals surface area contributed by atoms with Gasteiger partial charge < -0.3 is 4.43 Å². The number of benzene rings is 1. The maximum absolute atomic E-state index is 5.91. The van der Waals surface area contributed by atoms with E-state index in [0.29, 0.717) is 6.61 Å². The van der Waals surface area contributed by atoms with Crippen LogP contribution in [0.1, 0.15) is 5.56 Å². The SMILES string of the molecule is C=C(CO[Si](C)(C)C)c1cccc(Cl)c1. The van der Waals surface area contributed by atoms with E-state index in [2.05, 4.69) is 26.2 Å². The molecule has 3 heteroatoms. The quantitative estimate of drug-likeness (QED) is 0.717. The predicted molar refractivity (Wildman–Crippen MR) is 69.8 cm³/mol. The number of hydrogen-bond donors (Lipinski definition) is 0. The minimum atomic E-state index is -1.46. The highest BCUT2D eigenvalue weighted by atomic mass is 35.5. The molecule has 0 spiro atoms. The molecule has 0 amide bonds. The Balaban J connectivity index is 2.62. The van der Waals surface area contributed by atoms with Crippen LogP contribution in [0, 0.1) is 0 Å². The average Bonchev–Trinajstić information content (AvgIpc) is 2.13. The van der Waals surface area contributed by atoms with Crippen molar-refractivity contribution in [1.29, 1.82) is 0 Å². The van der Waals surface area contributed by atoms with Gasteiger partial charge in [-0.3, -0.25) is 0 Å². The average molecular weight is 241 g/mol. The first-order valence-electron chi connectivity index (χ1n) is 4.96. The van der Waals surface area contributed by atoms with E-state index >= 15 is 0 Å². The van der Waals surface area contributed by atoms with E-state index in [4.69, 9.17) is 16.0 Å². The second-order valence-corrected chi connectivity index (χ2v) is 9.46. The molecule has 0 radical (unpaired) electrons. The lowest BCUT2D eigenvalue weighted by molar-refractivity contribution is 0.365. The van der Waals surface area contributed by atoms with E-state index in [1.165, 1.54) is 0 Å². The van der Waals surface area contributed by atoms with Gasteiger partial charge in [-0.15, -0.1) is 0 Å². The second kappa shape index (κ2) is 4.97. The Hall–Kier alpha value is -0.573. The fraction of sp³-hybridized carbons (Fsp3) is 0.333. The van der Waals surface area contributed by atoms with Crippen molar-refractivity contribution in [2.75, 3.05) is 6.61 Å². The fourth-order valence-electron chi connectivity index (χ4n) is 1.10. The van der Waals surface area contributed by atoms with Crippen LogP contribution >= 0.6 is 11.6 Å². The van der Waals surface area contributed by atoms with Crippen molar-refractivity contribution in [3.8, 4) is 0 Å². The first kappa shape index (κ1) is 12.5. The summed E-state index contributed by atoms with van der Waals surface area (Å²) in [4.78, 5) is 0. The van der Waals surface area contributed by atoms with E-state index in [-0.39, 0.29) is 0 Å². The van der Waals surface area contributed by atoms with Crippen LogP contribution in [0.15, 0.2) is 30.8 Å². The van der Waals surface area contributed by atoms with Gasteiger partial charge in [0.25, 0.3) is 0 Å².